The van der Waals surface area contributed by atoms with Crippen LogP contribution in [0.1, 0.15) is 55.3 Å². The van der Waals surface area contributed by atoms with E-state index in [9.17, 15) is 0 Å². The molecule has 25 heavy (non-hydrogen) atoms. The number of halogens is 1. The van der Waals surface area contributed by atoms with E-state index in [2.05, 4.69) is 45.0 Å². The van der Waals surface area contributed by atoms with Crippen LogP contribution in [-0.2, 0) is 6.42 Å². The topological polar surface area (TPSA) is 51.8 Å². The molecule has 0 saturated heterocycles. The number of hydrogen-bond donors (Lipinski definition) is 1. The van der Waals surface area contributed by atoms with Gasteiger partial charge in [0.2, 0.25) is 0 Å². The van der Waals surface area contributed by atoms with Crippen molar-refractivity contribution >= 4 is 15.9 Å². The molecule has 2 fully saturated rings. The van der Waals surface area contributed by atoms with Crippen molar-refractivity contribution < 1.29 is 0 Å². The molecule has 136 valence electrons. The van der Waals surface area contributed by atoms with Crippen molar-refractivity contribution in [3.05, 3.63) is 58.1 Å². The van der Waals surface area contributed by atoms with Gasteiger partial charge in [-0.2, -0.15) is 0 Å². The molecular weight excluding hydrogens is 374 g/mol. The minimum atomic E-state index is 0.565. The van der Waals surface area contributed by atoms with Gasteiger partial charge in [0.25, 0.3) is 0 Å². The summed E-state index contributed by atoms with van der Waals surface area (Å²) < 4.78 is 0.892. The normalized spacial score (nSPS) is 16.5. The summed E-state index contributed by atoms with van der Waals surface area (Å²) in [6.45, 7) is 4.10. The maximum atomic E-state index is 5.38. The molecule has 0 radical (unpaired) electrons. The van der Waals surface area contributed by atoms with Gasteiger partial charge in [-0.15, -0.1) is 0 Å². The lowest BCUT2D eigenvalue weighted by Crippen LogP contribution is -2.27. The molecule has 0 spiro atoms. The molecule has 2 aromatic rings. The molecule has 0 aliphatic heterocycles. The average molecular weight is 404 g/mol. The Hall–Kier alpha value is -1.26. The summed E-state index contributed by atoms with van der Waals surface area (Å²) >= 11 is 3.23. The Kier molecular flexibility index (Phi) is 8.56. The fourth-order valence-electron chi connectivity index (χ4n) is 2.50. The second-order valence-corrected chi connectivity index (χ2v) is 7.99. The van der Waals surface area contributed by atoms with Crippen LogP contribution in [0.4, 0.5) is 0 Å². The van der Waals surface area contributed by atoms with Gasteiger partial charge < -0.3 is 5.73 Å². The third-order valence-electron chi connectivity index (χ3n) is 4.72. The third kappa shape index (κ3) is 8.10. The number of nitrogens with two attached hydrogens (primary N) is 1. The Morgan fingerprint density at radius 3 is 1.80 bits per heavy atom. The molecule has 0 unspecified atom stereocenters. The van der Waals surface area contributed by atoms with Crippen molar-refractivity contribution in [3.8, 4) is 0 Å². The maximum absolute atomic E-state index is 5.38. The number of pyridine rings is 2. The second-order valence-electron chi connectivity index (χ2n) is 7.18. The molecule has 0 atom stereocenters. The van der Waals surface area contributed by atoms with Crippen molar-refractivity contribution in [3.63, 3.8) is 0 Å². The first-order chi connectivity index (χ1) is 12.0. The van der Waals surface area contributed by atoms with E-state index >= 15 is 0 Å². The smallest absolute Gasteiger partial charge is 0.106 e. The highest BCUT2D eigenvalue weighted by Crippen LogP contribution is 2.29. The van der Waals surface area contributed by atoms with E-state index in [1.807, 2.05) is 31.5 Å². The number of nitrogens with zero attached hydrogens (tertiary/aromatic N) is 2. The Balaban J connectivity index is 0.000000149. The largest absolute Gasteiger partial charge is 0.328 e. The SMILES string of the molecule is Cc1ccc(Br)nc1.Cc1ccc(CC2CCC2)nc1.NC1CCC1. The molecule has 0 bridgehead atoms. The Labute approximate surface area is 160 Å². The summed E-state index contributed by atoms with van der Waals surface area (Å²) in [4.78, 5) is 8.40. The number of aryl methyl sites for hydroxylation is 2. The van der Waals surface area contributed by atoms with Crippen LogP contribution in [0.3, 0.4) is 0 Å². The highest BCUT2D eigenvalue weighted by molar-refractivity contribution is 9.10. The number of aromatic nitrogens is 2. The molecule has 2 aromatic heterocycles. The molecule has 4 rings (SSSR count). The van der Waals surface area contributed by atoms with Gasteiger partial charge in [-0.05, 0) is 78.2 Å². The maximum Gasteiger partial charge on any atom is 0.106 e. The minimum Gasteiger partial charge on any atom is -0.328 e. The first kappa shape index (κ1) is 20.1. The fourth-order valence-corrected chi connectivity index (χ4v) is 2.74. The zero-order valence-electron chi connectivity index (χ0n) is 15.4. The Morgan fingerprint density at radius 1 is 0.920 bits per heavy atom. The molecule has 3 nitrogen and oxygen atoms in total. The molecular formula is C21H30BrN3. The van der Waals surface area contributed by atoms with Crippen LogP contribution in [0.2, 0.25) is 0 Å². The third-order valence-corrected chi connectivity index (χ3v) is 5.19. The van der Waals surface area contributed by atoms with Crippen LogP contribution in [-0.4, -0.2) is 16.0 Å². The summed E-state index contributed by atoms with van der Waals surface area (Å²) in [5.41, 5.74) is 9.09. The summed E-state index contributed by atoms with van der Waals surface area (Å²) in [6.07, 6.45) is 13.1. The van der Waals surface area contributed by atoms with Crippen molar-refractivity contribution in [2.24, 2.45) is 11.7 Å². The predicted molar refractivity (Wildman–Crippen MR) is 109 cm³/mol. The van der Waals surface area contributed by atoms with Gasteiger partial charge in [0.15, 0.2) is 0 Å². The van der Waals surface area contributed by atoms with E-state index in [-0.39, 0.29) is 0 Å². The molecule has 0 aromatic carbocycles. The van der Waals surface area contributed by atoms with E-state index in [4.69, 9.17) is 5.73 Å². The lowest BCUT2D eigenvalue weighted by molar-refractivity contribution is 0.312. The quantitative estimate of drug-likeness (QED) is 0.684. The summed E-state index contributed by atoms with van der Waals surface area (Å²) in [7, 11) is 0. The monoisotopic (exact) mass is 403 g/mol. The second kappa shape index (κ2) is 10.7. The van der Waals surface area contributed by atoms with E-state index in [1.54, 1.807) is 0 Å². The molecule has 2 N–H and O–H groups in total. The molecule has 2 heterocycles. The first-order valence-electron chi connectivity index (χ1n) is 9.28. The standard InChI is InChI=1S/C11H15N.C6H6BrN.C4H9N/c1-9-5-6-11(12-8-9)7-10-3-2-4-10;1-5-2-3-6(7)8-4-5;5-4-2-1-3-4/h5-6,8,10H,2-4,7H2,1H3;2-4H,1H3;4H,1-3,5H2. The van der Waals surface area contributed by atoms with Crippen molar-refractivity contribution in [2.45, 2.75) is 64.8 Å². The lowest BCUT2D eigenvalue weighted by atomic mass is 9.82. The van der Waals surface area contributed by atoms with E-state index < -0.39 is 0 Å². The first-order valence-corrected chi connectivity index (χ1v) is 10.1. The predicted octanol–water partition coefficient (Wildman–Crippen LogP) is 5.38. The highest BCUT2D eigenvalue weighted by atomic mass is 79.9. The zero-order chi connectivity index (χ0) is 18.1. The zero-order valence-corrected chi connectivity index (χ0v) is 17.0. The number of rotatable bonds is 2. The lowest BCUT2D eigenvalue weighted by Gasteiger charge is -2.24. The van der Waals surface area contributed by atoms with Gasteiger partial charge in [-0.25, -0.2) is 4.98 Å². The van der Waals surface area contributed by atoms with Crippen LogP contribution < -0.4 is 5.73 Å². The minimum absolute atomic E-state index is 0.565. The molecule has 2 aliphatic carbocycles. The molecule has 2 saturated carbocycles. The average Bonchev–Trinajstić information content (AvgIpc) is 2.55. The van der Waals surface area contributed by atoms with Crippen molar-refractivity contribution in [1.29, 1.82) is 0 Å². The van der Waals surface area contributed by atoms with Crippen LogP contribution in [0.25, 0.3) is 0 Å². The summed E-state index contributed by atoms with van der Waals surface area (Å²) in [6, 6.07) is 8.82. The van der Waals surface area contributed by atoms with Crippen LogP contribution in [0.15, 0.2) is 41.3 Å². The van der Waals surface area contributed by atoms with Gasteiger partial charge >= 0.3 is 0 Å². The molecule has 0 amide bonds. The summed E-state index contributed by atoms with van der Waals surface area (Å²) in [5.74, 6) is 0.931. The van der Waals surface area contributed by atoms with Crippen LogP contribution in [0, 0.1) is 19.8 Å². The van der Waals surface area contributed by atoms with E-state index in [1.165, 1.54) is 61.8 Å². The Bertz CT molecular complexity index is 581. The van der Waals surface area contributed by atoms with Gasteiger partial charge in [-0.1, -0.05) is 37.8 Å². The van der Waals surface area contributed by atoms with Crippen LogP contribution >= 0.6 is 15.9 Å². The highest BCUT2D eigenvalue weighted by Gasteiger charge is 2.17. The summed E-state index contributed by atoms with van der Waals surface area (Å²) in [5, 5.41) is 0. The van der Waals surface area contributed by atoms with E-state index in [0.29, 0.717) is 6.04 Å². The van der Waals surface area contributed by atoms with Gasteiger partial charge in [0, 0.05) is 24.1 Å². The Morgan fingerprint density at radius 2 is 1.48 bits per heavy atom. The molecule has 4 heteroatoms. The van der Waals surface area contributed by atoms with Gasteiger partial charge in [-0.3, -0.25) is 4.98 Å². The van der Waals surface area contributed by atoms with E-state index in [0.717, 1.165) is 10.5 Å². The molecule has 2 aliphatic rings. The van der Waals surface area contributed by atoms with Gasteiger partial charge in [0.1, 0.15) is 4.60 Å². The number of hydrogen-bond acceptors (Lipinski definition) is 3. The van der Waals surface area contributed by atoms with Gasteiger partial charge in [0.05, 0.1) is 0 Å². The van der Waals surface area contributed by atoms with Crippen LogP contribution in [0.5, 0.6) is 0 Å². The fraction of sp³-hybridized carbons (Fsp3) is 0.524. The van der Waals surface area contributed by atoms with Crippen molar-refractivity contribution in [2.75, 3.05) is 0 Å². The van der Waals surface area contributed by atoms with Crippen molar-refractivity contribution in [1.82, 2.24) is 9.97 Å².